The first-order valence-corrected chi connectivity index (χ1v) is 6.64. The van der Waals surface area contributed by atoms with Crippen molar-refractivity contribution in [1.82, 2.24) is 4.90 Å². The number of methoxy groups -OCH3 is 3. The van der Waals surface area contributed by atoms with Gasteiger partial charge >= 0.3 is 0 Å². The fourth-order valence-electron chi connectivity index (χ4n) is 2.24. The molecule has 0 bridgehead atoms. The van der Waals surface area contributed by atoms with E-state index in [9.17, 15) is 4.79 Å². The van der Waals surface area contributed by atoms with Crippen LogP contribution in [-0.2, 0) is 0 Å². The molecule has 0 aliphatic rings. The van der Waals surface area contributed by atoms with Crippen LogP contribution in [0.5, 0.6) is 17.2 Å². The first-order valence-electron chi connectivity index (χ1n) is 6.64. The number of amides is 1. The summed E-state index contributed by atoms with van der Waals surface area (Å²) in [6.45, 7) is 7.02. The number of ether oxygens (including phenoxy) is 3. The lowest BCUT2D eigenvalue weighted by Crippen LogP contribution is -2.31. The molecular formula is C15H23NO4. The topological polar surface area (TPSA) is 48.0 Å². The van der Waals surface area contributed by atoms with Gasteiger partial charge in [0, 0.05) is 24.7 Å². The second kappa shape index (κ2) is 7.03. The highest BCUT2D eigenvalue weighted by Gasteiger charge is 2.25. The molecule has 1 aromatic carbocycles. The summed E-state index contributed by atoms with van der Waals surface area (Å²) in [7, 11) is 4.66. The van der Waals surface area contributed by atoms with Gasteiger partial charge in [-0.1, -0.05) is 0 Å². The number of nitrogens with zero attached hydrogens (tertiary/aromatic N) is 1. The Kier molecular flexibility index (Phi) is 5.67. The number of hydrogen-bond donors (Lipinski definition) is 0. The van der Waals surface area contributed by atoms with Gasteiger partial charge in [-0.2, -0.15) is 0 Å². The lowest BCUT2D eigenvalue weighted by atomic mass is 10.0. The van der Waals surface area contributed by atoms with Crippen LogP contribution in [0.25, 0.3) is 0 Å². The van der Waals surface area contributed by atoms with Gasteiger partial charge in [0.25, 0.3) is 5.91 Å². The average molecular weight is 281 g/mol. The standard InChI is InChI=1S/C15H23NO4/c1-7-16(8-2)15(17)13-10(3)14(20-6)12(19-5)9-11(13)18-4/h9H,7-8H2,1-6H3. The van der Waals surface area contributed by atoms with Gasteiger partial charge in [-0.25, -0.2) is 0 Å². The predicted molar refractivity (Wildman–Crippen MR) is 78.1 cm³/mol. The van der Waals surface area contributed by atoms with Crippen molar-refractivity contribution in [3.8, 4) is 17.2 Å². The van der Waals surface area contributed by atoms with Crippen molar-refractivity contribution < 1.29 is 19.0 Å². The zero-order valence-electron chi connectivity index (χ0n) is 13.1. The molecule has 0 unspecified atom stereocenters. The van der Waals surface area contributed by atoms with E-state index in [0.29, 0.717) is 35.9 Å². The van der Waals surface area contributed by atoms with Crippen LogP contribution < -0.4 is 14.2 Å². The van der Waals surface area contributed by atoms with Crippen molar-refractivity contribution in [2.45, 2.75) is 20.8 Å². The van der Waals surface area contributed by atoms with E-state index in [1.807, 2.05) is 20.8 Å². The molecule has 1 amide bonds. The minimum Gasteiger partial charge on any atom is -0.496 e. The van der Waals surface area contributed by atoms with Gasteiger partial charge in [0.15, 0.2) is 11.5 Å². The van der Waals surface area contributed by atoms with E-state index in [2.05, 4.69) is 0 Å². The van der Waals surface area contributed by atoms with E-state index >= 15 is 0 Å². The Morgan fingerprint density at radius 1 is 1.05 bits per heavy atom. The van der Waals surface area contributed by atoms with Gasteiger partial charge in [-0.15, -0.1) is 0 Å². The van der Waals surface area contributed by atoms with Crippen LogP contribution in [0, 0.1) is 6.92 Å². The Morgan fingerprint density at radius 2 is 1.60 bits per heavy atom. The highest BCUT2D eigenvalue weighted by molar-refractivity contribution is 5.99. The molecule has 0 aromatic heterocycles. The molecule has 1 rings (SSSR count). The molecule has 20 heavy (non-hydrogen) atoms. The first kappa shape index (κ1) is 16.1. The quantitative estimate of drug-likeness (QED) is 0.804. The number of hydrogen-bond acceptors (Lipinski definition) is 4. The van der Waals surface area contributed by atoms with Crippen molar-refractivity contribution in [1.29, 1.82) is 0 Å². The summed E-state index contributed by atoms with van der Waals surface area (Å²) >= 11 is 0. The molecule has 5 heteroatoms. The Morgan fingerprint density at radius 3 is 2.00 bits per heavy atom. The van der Waals surface area contributed by atoms with Crippen molar-refractivity contribution in [2.75, 3.05) is 34.4 Å². The van der Waals surface area contributed by atoms with E-state index in [4.69, 9.17) is 14.2 Å². The second-order valence-electron chi connectivity index (χ2n) is 4.29. The largest absolute Gasteiger partial charge is 0.496 e. The molecule has 0 heterocycles. The van der Waals surface area contributed by atoms with E-state index in [1.54, 1.807) is 32.3 Å². The first-order chi connectivity index (χ1) is 9.55. The lowest BCUT2D eigenvalue weighted by molar-refractivity contribution is 0.0768. The van der Waals surface area contributed by atoms with Gasteiger partial charge in [0.05, 0.1) is 26.9 Å². The minimum absolute atomic E-state index is 0.0645. The summed E-state index contributed by atoms with van der Waals surface area (Å²) in [4.78, 5) is 14.4. The van der Waals surface area contributed by atoms with Crippen molar-refractivity contribution in [3.63, 3.8) is 0 Å². The third-order valence-corrected chi connectivity index (χ3v) is 3.36. The predicted octanol–water partition coefficient (Wildman–Crippen LogP) is 2.50. The SMILES string of the molecule is CCN(CC)C(=O)c1c(OC)cc(OC)c(OC)c1C. The van der Waals surface area contributed by atoms with Gasteiger partial charge in [-0.3, -0.25) is 4.79 Å². The van der Waals surface area contributed by atoms with E-state index in [0.717, 1.165) is 5.56 Å². The Hall–Kier alpha value is -1.91. The smallest absolute Gasteiger partial charge is 0.258 e. The summed E-state index contributed by atoms with van der Waals surface area (Å²) in [5, 5.41) is 0. The monoisotopic (exact) mass is 281 g/mol. The van der Waals surface area contributed by atoms with Crippen LogP contribution in [0.4, 0.5) is 0 Å². The highest BCUT2D eigenvalue weighted by Crippen LogP contribution is 2.39. The van der Waals surface area contributed by atoms with Crippen molar-refractivity contribution in [3.05, 3.63) is 17.2 Å². The van der Waals surface area contributed by atoms with Gasteiger partial charge in [0.2, 0.25) is 0 Å². The van der Waals surface area contributed by atoms with Crippen LogP contribution in [0.15, 0.2) is 6.07 Å². The Labute approximate surface area is 120 Å². The Balaban J connectivity index is 3.48. The highest BCUT2D eigenvalue weighted by atomic mass is 16.5. The summed E-state index contributed by atoms with van der Waals surface area (Å²) in [6, 6.07) is 1.68. The molecular weight excluding hydrogens is 258 g/mol. The number of benzene rings is 1. The van der Waals surface area contributed by atoms with Crippen LogP contribution >= 0.6 is 0 Å². The molecule has 0 N–H and O–H groups in total. The van der Waals surface area contributed by atoms with Crippen molar-refractivity contribution in [2.24, 2.45) is 0 Å². The van der Waals surface area contributed by atoms with E-state index < -0.39 is 0 Å². The van der Waals surface area contributed by atoms with Gasteiger partial charge in [-0.05, 0) is 20.8 Å². The summed E-state index contributed by atoms with van der Waals surface area (Å²) in [6.07, 6.45) is 0. The lowest BCUT2D eigenvalue weighted by Gasteiger charge is -2.23. The third kappa shape index (κ3) is 2.81. The van der Waals surface area contributed by atoms with Gasteiger partial charge < -0.3 is 19.1 Å². The molecule has 0 fully saturated rings. The molecule has 0 radical (unpaired) electrons. The molecule has 0 saturated carbocycles. The van der Waals surface area contributed by atoms with E-state index in [-0.39, 0.29) is 5.91 Å². The summed E-state index contributed by atoms with van der Waals surface area (Å²) < 4.78 is 16.0. The minimum atomic E-state index is -0.0645. The zero-order valence-corrected chi connectivity index (χ0v) is 13.1. The Bertz CT molecular complexity index is 481. The van der Waals surface area contributed by atoms with Crippen LogP contribution in [-0.4, -0.2) is 45.2 Å². The normalized spacial score (nSPS) is 10.1. The fraction of sp³-hybridized carbons (Fsp3) is 0.533. The molecule has 0 aliphatic carbocycles. The molecule has 0 aliphatic heterocycles. The maximum atomic E-state index is 12.6. The average Bonchev–Trinajstić information content (AvgIpc) is 2.46. The fourth-order valence-corrected chi connectivity index (χ4v) is 2.24. The number of carbonyl (C=O) groups excluding carboxylic acids is 1. The molecule has 5 nitrogen and oxygen atoms in total. The summed E-state index contributed by atoms with van der Waals surface area (Å²) in [5.41, 5.74) is 1.24. The maximum absolute atomic E-state index is 12.6. The third-order valence-electron chi connectivity index (χ3n) is 3.36. The summed E-state index contributed by atoms with van der Waals surface area (Å²) in [5.74, 6) is 1.55. The van der Waals surface area contributed by atoms with E-state index in [1.165, 1.54) is 0 Å². The van der Waals surface area contributed by atoms with Crippen molar-refractivity contribution >= 4 is 5.91 Å². The maximum Gasteiger partial charge on any atom is 0.258 e. The molecule has 0 saturated heterocycles. The van der Waals surface area contributed by atoms with Crippen LogP contribution in [0.3, 0.4) is 0 Å². The van der Waals surface area contributed by atoms with Crippen LogP contribution in [0.2, 0.25) is 0 Å². The zero-order chi connectivity index (χ0) is 15.3. The molecule has 1 aromatic rings. The van der Waals surface area contributed by atoms with Gasteiger partial charge in [0.1, 0.15) is 5.75 Å². The molecule has 0 spiro atoms. The number of rotatable bonds is 6. The number of carbonyl (C=O) groups is 1. The molecule has 0 atom stereocenters. The second-order valence-corrected chi connectivity index (χ2v) is 4.29. The molecule has 112 valence electrons. The van der Waals surface area contributed by atoms with Crippen LogP contribution in [0.1, 0.15) is 29.8 Å².